The Morgan fingerprint density at radius 2 is 1.78 bits per heavy atom. The number of rotatable bonds is 8. The van der Waals surface area contributed by atoms with Crippen LogP contribution in [-0.2, 0) is 27.3 Å². The molecule has 3 aliphatic rings. The lowest BCUT2D eigenvalue weighted by Gasteiger charge is -2.44. The summed E-state index contributed by atoms with van der Waals surface area (Å²) in [7, 11) is -1.31. The third-order valence-corrected chi connectivity index (χ3v) is 12.1. The largest absolute Gasteiger partial charge is 0.490 e. The first kappa shape index (κ1) is 32.1. The Balaban J connectivity index is 1.27. The van der Waals surface area contributed by atoms with E-state index in [0.29, 0.717) is 37.2 Å². The number of methoxy groups -OCH3 is 1. The van der Waals surface area contributed by atoms with Crippen LogP contribution in [0.2, 0.25) is 18.6 Å². The van der Waals surface area contributed by atoms with Gasteiger partial charge in [0.2, 0.25) is 11.8 Å². The van der Waals surface area contributed by atoms with Gasteiger partial charge in [0.05, 0.1) is 30.2 Å². The van der Waals surface area contributed by atoms with Crippen LogP contribution in [0.1, 0.15) is 54.5 Å². The van der Waals surface area contributed by atoms with Gasteiger partial charge < -0.3 is 24.3 Å². The van der Waals surface area contributed by atoms with Crippen LogP contribution < -0.4 is 9.75 Å². The Kier molecular flexibility index (Phi) is 9.16. The fraction of sp³-hybridized carbons (Fsp3) is 0.417. The summed E-state index contributed by atoms with van der Waals surface area (Å²) in [6, 6.07) is 23.2. The molecule has 9 nitrogen and oxygen atoms in total. The fourth-order valence-corrected chi connectivity index (χ4v) is 9.05. The molecule has 10 heteroatoms. The number of benzene rings is 3. The third kappa shape index (κ3) is 6.27. The molecule has 0 aromatic heterocycles. The molecule has 5 atom stereocenters. The monoisotopic (exact) mass is 641 g/mol. The van der Waals surface area contributed by atoms with Gasteiger partial charge in [0.25, 0.3) is 0 Å². The Morgan fingerprint density at radius 3 is 2.48 bits per heavy atom. The van der Waals surface area contributed by atoms with Crippen LogP contribution in [0.3, 0.4) is 0 Å². The van der Waals surface area contributed by atoms with E-state index in [-0.39, 0.29) is 36.8 Å². The van der Waals surface area contributed by atoms with Crippen molar-refractivity contribution in [2.24, 2.45) is 11.0 Å². The molecule has 0 fully saturated rings. The Morgan fingerprint density at radius 1 is 1.07 bits per heavy atom. The highest BCUT2D eigenvalue weighted by atomic mass is 28.4. The number of nitrogens with zero attached hydrogens (tertiary/aromatic N) is 3. The number of carbonyl (C=O) groups excluding carboxylic acids is 2. The molecule has 3 aromatic carbocycles. The van der Waals surface area contributed by atoms with Crippen LogP contribution >= 0.6 is 0 Å². The van der Waals surface area contributed by atoms with Gasteiger partial charge in [0.15, 0.2) is 8.32 Å². The molecule has 0 radical (unpaired) electrons. The lowest BCUT2D eigenvalue weighted by atomic mass is 9.86. The molecule has 242 valence electrons. The summed E-state index contributed by atoms with van der Waals surface area (Å²) in [6.45, 7) is 6.02. The number of hydrazone groups is 1. The van der Waals surface area contributed by atoms with E-state index in [1.165, 1.54) is 5.01 Å². The van der Waals surface area contributed by atoms with E-state index in [4.69, 9.17) is 14.6 Å². The molecule has 2 N–H and O–H groups in total. The smallest absolute Gasteiger partial charge is 0.247 e. The van der Waals surface area contributed by atoms with Crippen molar-refractivity contribution in [1.29, 1.82) is 0 Å². The van der Waals surface area contributed by atoms with E-state index in [1.54, 1.807) is 12.0 Å². The van der Waals surface area contributed by atoms with E-state index in [2.05, 4.69) is 0 Å². The zero-order valence-electron chi connectivity index (χ0n) is 26.9. The molecule has 6 rings (SSSR count). The van der Waals surface area contributed by atoms with Crippen LogP contribution in [-0.4, -0.2) is 66.5 Å². The van der Waals surface area contributed by atoms with E-state index in [0.717, 1.165) is 28.0 Å². The summed E-state index contributed by atoms with van der Waals surface area (Å²) in [5, 5.41) is 16.4. The van der Waals surface area contributed by atoms with Crippen molar-refractivity contribution >= 4 is 31.5 Å². The van der Waals surface area contributed by atoms with Crippen LogP contribution in [0.4, 0.5) is 5.69 Å². The molecule has 0 spiro atoms. The van der Waals surface area contributed by atoms with Gasteiger partial charge in [0, 0.05) is 49.9 Å². The molecule has 1 unspecified atom stereocenters. The molecular weight excluding hydrogens is 598 g/mol. The van der Waals surface area contributed by atoms with Crippen LogP contribution in [0.5, 0.6) is 5.75 Å². The molecular formula is C36H43N3O6Si. The number of hydrogen-bond donors (Lipinski definition) is 2. The molecule has 46 heavy (non-hydrogen) atoms. The van der Waals surface area contributed by atoms with Crippen molar-refractivity contribution in [3.05, 3.63) is 95.1 Å². The first-order valence-corrected chi connectivity index (χ1v) is 19.1. The van der Waals surface area contributed by atoms with Gasteiger partial charge >= 0.3 is 0 Å². The Labute approximate surface area is 271 Å². The minimum absolute atomic E-state index is 0.0793. The van der Waals surface area contributed by atoms with Gasteiger partial charge in [-0.25, -0.2) is 5.01 Å². The maximum atomic E-state index is 13.9. The minimum Gasteiger partial charge on any atom is -0.490 e. The number of anilines is 1. The molecule has 0 saturated carbocycles. The standard InChI is InChI=1S/C36H43N3O6Si/c1-23-35(44-2)29-19-27(39-33(41)17-15-30(37-39)24-10-6-5-7-11-24)14-16-31(29)45-36(23)32(46(3,4)43)20-34(42)38-21-26-13-9-8-12-25(26)18-28(38)22-40/h5-14,16,19,23,28,32,35-36,40,43H,15,17-18,20-22H2,1-4H3/t23-,28-,32?,35-,36-/m0/s1. The molecule has 2 amide bonds. The number of ether oxygens (including phenoxy) is 2. The normalized spacial score (nSPS) is 23.6. The maximum absolute atomic E-state index is 13.9. The van der Waals surface area contributed by atoms with E-state index in [1.807, 2.05) is 92.8 Å². The van der Waals surface area contributed by atoms with Crippen molar-refractivity contribution < 1.29 is 29.0 Å². The quantitative estimate of drug-likeness (QED) is 0.327. The predicted octanol–water partition coefficient (Wildman–Crippen LogP) is 5.21. The number of hydrogen-bond acceptors (Lipinski definition) is 7. The van der Waals surface area contributed by atoms with Crippen LogP contribution in [0.15, 0.2) is 77.9 Å². The van der Waals surface area contributed by atoms with Crippen molar-refractivity contribution in [2.75, 3.05) is 18.7 Å². The predicted molar refractivity (Wildman–Crippen MR) is 179 cm³/mol. The molecule has 0 bridgehead atoms. The molecule has 0 aliphatic carbocycles. The molecule has 3 aromatic rings. The second-order valence-corrected chi connectivity index (χ2v) is 17.3. The number of fused-ring (bicyclic) bond motifs is 2. The summed E-state index contributed by atoms with van der Waals surface area (Å²) in [5.41, 5.74) is 5.08. The van der Waals surface area contributed by atoms with Crippen molar-refractivity contribution in [1.82, 2.24) is 4.90 Å². The lowest BCUT2D eigenvalue weighted by Crippen LogP contribution is -2.52. The average Bonchev–Trinajstić information content (AvgIpc) is 3.06. The van der Waals surface area contributed by atoms with Gasteiger partial charge in [-0.05, 0) is 54.4 Å². The second kappa shape index (κ2) is 13.1. The zero-order chi connectivity index (χ0) is 32.6. The van der Waals surface area contributed by atoms with Crippen LogP contribution in [0, 0.1) is 5.92 Å². The summed E-state index contributed by atoms with van der Waals surface area (Å²) in [6.07, 6.45) is 0.759. The first-order valence-electron chi connectivity index (χ1n) is 16.1. The average molecular weight is 642 g/mol. The van der Waals surface area contributed by atoms with Gasteiger partial charge in [-0.15, -0.1) is 0 Å². The van der Waals surface area contributed by atoms with Crippen molar-refractivity contribution in [3.8, 4) is 5.75 Å². The number of aliphatic hydroxyl groups excluding tert-OH is 1. The van der Waals surface area contributed by atoms with Crippen LogP contribution in [0.25, 0.3) is 0 Å². The second-order valence-electron chi connectivity index (χ2n) is 13.2. The Bertz CT molecular complexity index is 1620. The first-order chi connectivity index (χ1) is 22.1. The van der Waals surface area contributed by atoms with E-state index < -0.39 is 26.1 Å². The summed E-state index contributed by atoms with van der Waals surface area (Å²) >= 11 is 0. The van der Waals surface area contributed by atoms with Crippen molar-refractivity contribution in [2.45, 2.75) is 76.0 Å². The van der Waals surface area contributed by atoms with E-state index >= 15 is 0 Å². The SMILES string of the molecule is CO[C@@H]1c2cc(N3N=C(c4ccccc4)CCC3=O)ccc2O[C@H](C(CC(=O)N2Cc3ccccc3C[C@H]2CO)[Si](C)(C)O)[C@H]1C. The third-order valence-electron chi connectivity index (χ3n) is 9.78. The summed E-state index contributed by atoms with van der Waals surface area (Å²) < 4.78 is 12.7. The number of amides is 2. The van der Waals surface area contributed by atoms with Gasteiger partial charge in [-0.1, -0.05) is 61.5 Å². The molecule has 3 heterocycles. The lowest BCUT2D eigenvalue weighted by molar-refractivity contribution is -0.136. The highest BCUT2D eigenvalue weighted by Gasteiger charge is 2.48. The molecule has 3 aliphatic heterocycles. The van der Waals surface area contributed by atoms with Gasteiger partial charge in [-0.3, -0.25) is 9.59 Å². The minimum atomic E-state index is -2.96. The zero-order valence-corrected chi connectivity index (χ0v) is 27.9. The highest BCUT2D eigenvalue weighted by molar-refractivity contribution is 6.71. The topological polar surface area (TPSA) is 112 Å². The Hall–Kier alpha value is -3.83. The number of carbonyl (C=O) groups is 2. The van der Waals surface area contributed by atoms with Gasteiger partial charge in [-0.2, -0.15) is 5.10 Å². The van der Waals surface area contributed by atoms with Crippen molar-refractivity contribution in [3.63, 3.8) is 0 Å². The summed E-state index contributed by atoms with van der Waals surface area (Å²) in [4.78, 5) is 40.3. The van der Waals surface area contributed by atoms with E-state index in [9.17, 15) is 19.5 Å². The number of aliphatic hydroxyl groups is 1. The highest BCUT2D eigenvalue weighted by Crippen LogP contribution is 2.48. The fourth-order valence-electron chi connectivity index (χ4n) is 7.20. The maximum Gasteiger partial charge on any atom is 0.247 e. The molecule has 0 saturated heterocycles. The van der Waals surface area contributed by atoms with Gasteiger partial charge in [0.1, 0.15) is 11.9 Å². The summed E-state index contributed by atoms with van der Waals surface area (Å²) in [5.74, 6) is 0.214.